The van der Waals surface area contributed by atoms with Crippen molar-refractivity contribution in [3.63, 3.8) is 0 Å². The van der Waals surface area contributed by atoms with Crippen LogP contribution in [0.2, 0.25) is 0 Å². The molecule has 2 heterocycles. The molecule has 0 aliphatic carbocycles. The molecular weight excluding hydrogens is 314 g/mol. The minimum Gasteiger partial charge on any atom is -0.324 e. The maximum absolute atomic E-state index is 12.3. The van der Waals surface area contributed by atoms with Gasteiger partial charge in [0.1, 0.15) is 0 Å². The normalized spacial score (nSPS) is 11.4. The number of fused-ring (bicyclic) bond motifs is 1. The van der Waals surface area contributed by atoms with Crippen molar-refractivity contribution < 1.29 is 4.79 Å². The molecule has 132 valence electrons. The summed E-state index contributed by atoms with van der Waals surface area (Å²) >= 11 is 0. The van der Waals surface area contributed by atoms with E-state index in [-0.39, 0.29) is 5.91 Å². The number of aromatic nitrogens is 4. The highest BCUT2D eigenvalue weighted by molar-refractivity contribution is 5.91. The zero-order valence-electron chi connectivity index (χ0n) is 15.3. The third-order valence-corrected chi connectivity index (χ3v) is 4.32. The number of para-hydroxylation sites is 2. The molecule has 1 amide bonds. The summed E-state index contributed by atoms with van der Waals surface area (Å²) in [6.07, 6.45) is 1.09. The molecule has 3 rings (SSSR count). The van der Waals surface area contributed by atoms with Crippen molar-refractivity contribution in [3.8, 4) is 0 Å². The summed E-state index contributed by atoms with van der Waals surface area (Å²) in [6.45, 7) is 9.34. The van der Waals surface area contributed by atoms with Crippen molar-refractivity contribution >= 4 is 22.9 Å². The summed E-state index contributed by atoms with van der Waals surface area (Å²) in [5.41, 5.74) is 5.09. The predicted octanol–water partition coefficient (Wildman–Crippen LogP) is 3.60. The lowest BCUT2D eigenvalue weighted by atomic mass is 10.1. The number of amides is 1. The number of carbonyl (C=O) groups is 1. The fraction of sp³-hybridized carbons (Fsp3) is 0.421. The number of benzene rings is 1. The van der Waals surface area contributed by atoms with Gasteiger partial charge in [0.2, 0.25) is 11.9 Å². The van der Waals surface area contributed by atoms with Crippen LogP contribution in [-0.2, 0) is 17.8 Å². The number of nitrogens with zero attached hydrogens (tertiary/aromatic N) is 3. The zero-order chi connectivity index (χ0) is 18.0. The SMILES string of the molecule is Cc1nn(CC(C)C)c(C)c1CCC(=O)Nc1nc2ccccc2[nH]1. The first-order valence-electron chi connectivity index (χ1n) is 8.71. The molecule has 0 radical (unpaired) electrons. The average molecular weight is 339 g/mol. The maximum atomic E-state index is 12.3. The maximum Gasteiger partial charge on any atom is 0.227 e. The van der Waals surface area contributed by atoms with E-state index >= 15 is 0 Å². The van der Waals surface area contributed by atoms with Crippen LogP contribution in [0.1, 0.15) is 37.2 Å². The first-order chi connectivity index (χ1) is 11.9. The quantitative estimate of drug-likeness (QED) is 0.720. The third kappa shape index (κ3) is 3.90. The Morgan fingerprint density at radius 3 is 2.76 bits per heavy atom. The standard InChI is InChI=1S/C19H25N5O/c1-12(2)11-24-14(4)15(13(3)23-24)9-10-18(25)22-19-20-16-7-5-6-8-17(16)21-19/h5-8,12H,9-11H2,1-4H3,(H2,20,21,22,25). The van der Waals surface area contributed by atoms with Crippen molar-refractivity contribution in [3.05, 3.63) is 41.2 Å². The van der Waals surface area contributed by atoms with Crippen molar-refractivity contribution in [2.75, 3.05) is 5.32 Å². The largest absolute Gasteiger partial charge is 0.324 e. The van der Waals surface area contributed by atoms with Crippen LogP contribution in [0.3, 0.4) is 0 Å². The lowest BCUT2D eigenvalue weighted by molar-refractivity contribution is -0.116. The Hall–Kier alpha value is -2.63. The number of rotatable bonds is 6. The van der Waals surface area contributed by atoms with E-state index in [1.807, 2.05) is 35.9 Å². The molecule has 2 N–H and O–H groups in total. The van der Waals surface area contributed by atoms with Gasteiger partial charge in [-0.15, -0.1) is 0 Å². The highest BCUT2D eigenvalue weighted by Gasteiger charge is 2.14. The molecule has 25 heavy (non-hydrogen) atoms. The molecule has 6 nitrogen and oxygen atoms in total. The number of aryl methyl sites for hydroxylation is 1. The second-order valence-corrected chi connectivity index (χ2v) is 6.88. The van der Waals surface area contributed by atoms with Gasteiger partial charge in [-0.25, -0.2) is 4.98 Å². The molecule has 1 aromatic carbocycles. The molecule has 0 saturated carbocycles. The smallest absolute Gasteiger partial charge is 0.227 e. The Balaban J connectivity index is 1.63. The van der Waals surface area contributed by atoms with Gasteiger partial charge < -0.3 is 4.98 Å². The van der Waals surface area contributed by atoms with Crippen LogP contribution in [0.15, 0.2) is 24.3 Å². The Morgan fingerprint density at radius 2 is 2.04 bits per heavy atom. The second kappa shape index (κ2) is 7.09. The molecule has 0 unspecified atom stereocenters. The summed E-state index contributed by atoms with van der Waals surface area (Å²) in [5.74, 6) is 0.992. The Labute approximate surface area is 147 Å². The molecule has 0 aliphatic heterocycles. The number of hydrogen-bond acceptors (Lipinski definition) is 3. The van der Waals surface area contributed by atoms with E-state index in [0.717, 1.165) is 29.0 Å². The first-order valence-corrected chi connectivity index (χ1v) is 8.71. The summed E-state index contributed by atoms with van der Waals surface area (Å²) < 4.78 is 2.05. The summed E-state index contributed by atoms with van der Waals surface area (Å²) in [4.78, 5) is 19.8. The van der Waals surface area contributed by atoms with E-state index in [9.17, 15) is 4.79 Å². The molecule has 6 heteroatoms. The van der Waals surface area contributed by atoms with Crippen LogP contribution in [-0.4, -0.2) is 25.7 Å². The second-order valence-electron chi connectivity index (χ2n) is 6.88. The third-order valence-electron chi connectivity index (χ3n) is 4.32. The molecule has 0 fully saturated rings. The number of H-pyrrole nitrogens is 1. The van der Waals surface area contributed by atoms with Crippen molar-refractivity contribution in [1.82, 2.24) is 19.7 Å². The number of nitrogens with one attached hydrogen (secondary N) is 2. The van der Waals surface area contributed by atoms with Gasteiger partial charge in [0.05, 0.1) is 16.7 Å². The molecule has 3 aromatic rings. The lowest BCUT2D eigenvalue weighted by Crippen LogP contribution is -2.14. The van der Waals surface area contributed by atoms with Gasteiger partial charge in [-0.3, -0.25) is 14.8 Å². The highest BCUT2D eigenvalue weighted by Crippen LogP contribution is 2.17. The average Bonchev–Trinajstić information content (AvgIpc) is 3.06. The number of hydrogen-bond donors (Lipinski definition) is 2. The van der Waals surface area contributed by atoms with E-state index in [1.54, 1.807) is 0 Å². The number of anilines is 1. The van der Waals surface area contributed by atoms with Crippen LogP contribution < -0.4 is 5.32 Å². The van der Waals surface area contributed by atoms with Gasteiger partial charge in [0, 0.05) is 18.7 Å². The number of imidazole rings is 1. The van der Waals surface area contributed by atoms with Crippen LogP contribution in [0, 0.1) is 19.8 Å². The van der Waals surface area contributed by atoms with Gasteiger partial charge in [-0.1, -0.05) is 26.0 Å². The van der Waals surface area contributed by atoms with Gasteiger partial charge in [0.25, 0.3) is 0 Å². The molecule has 0 atom stereocenters. The number of carbonyl (C=O) groups excluding carboxylic acids is 1. The highest BCUT2D eigenvalue weighted by atomic mass is 16.1. The number of aromatic amines is 1. The summed E-state index contributed by atoms with van der Waals surface area (Å²) in [6, 6.07) is 7.72. The molecule has 0 spiro atoms. The topological polar surface area (TPSA) is 75.6 Å². The summed E-state index contributed by atoms with van der Waals surface area (Å²) in [5, 5.41) is 7.45. The van der Waals surface area contributed by atoms with Crippen molar-refractivity contribution in [2.45, 2.75) is 47.1 Å². The molecule has 0 saturated heterocycles. The van der Waals surface area contributed by atoms with Crippen LogP contribution in [0.25, 0.3) is 11.0 Å². The van der Waals surface area contributed by atoms with E-state index in [1.165, 1.54) is 5.56 Å². The Morgan fingerprint density at radius 1 is 1.28 bits per heavy atom. The predicted molar refractivity (Wildman–Crippen MR) is 99.6 cm³/mol. The van der Waals surface area contributed by atoms with E-state index in [2.05, 4.69) is 41.2 Å². The van der Waals surface area contributed by atoms with Gasteiger partial charge in [0.15, 0.2) is 0 Å². The monoisotopic (exact) mass is 339 g/mol. The summed E-state index contributed by atoms with van der Waals surface area (Å²) in [7, 11) is 0. The van der Waals surface area contributed by atoms with Crippen LogP contribution >= 0.6 is 0 Å². The minimum atomic E-state index is -0.0468. The molecule has 2 aromatic heterocycles. The lowest BCUT2D eigenvalue weighted by Gasteiger charge is -2.08. The molecular formula is C19H25N5O. The van der Waals surface area contributed by atoms with Gasteiger partial charge >= 0.3 is 0 Å². The van der Waals surface area contributed by atoms with Crippen molar-refractivity contribution in [1.29, 1.82) is 0 Å². The van der Waals surface area contributed by atoms with Gasteiger partial charge in [-0.2, -0.15) is 5.10 Å². The fourth-order valence-electron chi connectivity index (χ4n) is 3.06. The fourth-order valence-corrected chi connectivity index (χ4v) is 3.06. The van der Waals surface area contributed by atoms with E-state index in [4.69, 9.17) is 0 Å². The van der Waals surface area contributed by atoms with Crippen molar-refractivity contribution in [2.24, 2.45) is 5.92 Å². The van der Waals surface area contributed by atoms with Crippen LogP contribution in [0.5, 0.6) is 0 Å². The molecule has 0 aliphatic rings. The Bertz CT molecular complexity index is 857. The van der Waals surface area contributed by atoms with E-state index < -0.39 is 0 Å². The minimum absolute atomic E-state index is 0.0468. The van der Waals surface area contributed by atoms with Crippen LogP contribution in [0.4, 0.5) is 5.95 Å². The Kier molecular flexibility index (Phi) is 4.88. The van der Waals surface area contributed by atoms with E-state index in [0.29, 0.717) is 24.7 Å². The molecule has 0 bridgehead atoms. The zero-order valence-corrected chi connectivity index (χ0v) is 15.3. The first kappa shape index (κ1) is 17.2. The van der Waals surface area contributed by atoms with Gasteiger partial charge in [-0.05, 0) is 43.9 Å².